The lowest BCUT2D eigenvalue weighted by atomic mass is 10.1. The number of rotatable bonds is 28. The van der Waals surface area contributed by atoms with Gasteiger partial charge >= 0.3 is 0 Å². The summed E-state index contributed by atoms with van der Waals surface area (Å²) < 4.78 is 0. The van der Waals surface area contributed by atoms with Crippen molar-refractivity contribution in [1.29, 1.82) is 0 Å². The van der Waals surface area contributed by atoms with Crippen molar-refractivity contribution in [2.45, 2.75) is 148 Å². The number of imide groups is 2. The Hall–Kier alpha value is -8.16. The Balaban J connectivity index is 1.88. The summed E-state index contributed by atoms with van der Waals surface area (Å²) in [5.41, 5.74) is 35.4. The first-order valence-electron chi connectivity index (χ1n) is 25.1. The molecule has 26 heteroatoms. The summed E-state index contributed by atoms with van der Waals surface area (Å²) in [6, 6.07) is 4.77. The van der Waals surface area contributed by atoms with E-state index in [1.54, 1.807) is 0 Å². The smallest absolute Gasteiger partial charge is 0.256 e. The molecule has 26 nitrogen and oxygen atoms in total. The zero-order valence-corrected chi connectivity index (χ0v) is 44.1. The maximum Gasteiger partial charge on any atom is 0.256 e. The summed E-state index contributed by atoms with van der Waals surface area (Å²) in [5, 5.41) is 12.8. The number of nitrogens with two attached hydrogens (primary N) is 6. The molecule has 0 radical (unpaired) electrons. The van der Waals surface area contributed by atoms with E-state index in [0.717, 1.165) is 35.1 Å². The van der Waals surface area contributed by atoms with E-state index in [2.05, 4.69) is 36.6 Å². The van der Waals surface area contributed by atoms with Crippen molar-refractivity contribution < 1.29 is 47.9 Å². The van der Waals surface area contributed by atoms with E-state index in [1.165, 1.54) is 58.9 Å². The molecule has 0 saturated carbocycles. The van der Waals surface area contributed by atoms with Crippen LogP contribution in [0.5, 0.6) is 0 Å². The number of hydrogen-bond donors (Lipinski definition) is 11. The molecule has 2 aromatic rings. The van der Waals surface area contributed by atoms with Crippen LogP contribution in [0.1, 0.15) is 98.5 Å². The second-order valence-electron chi connectivity index (χ2n) is 18.6. The fraction of sp³-hybridized carbons (Fsp3) is 0.520. The minimum Gasteiger partial charge on any atom is -0.399 e. The molecule has 1 heterocycles. The number of anilines is 2. The highest BCUT2D eigenvalue weighted by molar-refractivity contribution is 6.16. The third-order valence-electron chi connectivity index (χ3n) is 12.4. The van der Waals surface area contributed by atoms with Gasteiger partial charge in [-0.2, -0.15) is 0 Å². The zero-order valence-electron chi connectivity index (χ0n) is 44.1. The second-order valence-corrected chi connectivity index (χ2v) is 18.6. The SMILES string of the molecule is CC(=O)N(C(=O)C(C)NC(=O)C(CCCN=C(N)N)NC(=O)C(C)N(C(=O)C(C)NC(=O)C(CCCN=C(N)N)NC(=O)C(C)NC(=O)CCCCc1ccccc1)C(=O)C(C)N1CC[C@@H](N)C1=O)c1ccc(N)cc1. The van der Waals surface area contributed by atoms with E-state index >= 15 is 0 Å². The molecule has 8 atom stereocenters. The lowest BCUT2D eigenvalue weighted by Gasteiger charge is -2.34. The first kappa shape index (κ1) is 62.1. The van der Waals surface area contributed by atoms with Crippen molar-refractivity contribution in [3.63, 3.8) is 0 Å². The van der Waals surface area contributed by atoms with Crippen molar-refractivity contribution >= 4 is 82.4 Å². The van der Waals surface area contributed by atoms with Gasteiger partial charge in [0.1, 0.15) is 42.3 Å². The summed E-state index contributed by atoms with van der Waals surface area (Å²) in [6.45, 7) is 7.79. The van der Waals surface area contributed by atoms with Crippen molar-refractivity contribution in [1.82, 2.24) is 36.4 Å². The minimum atomic E-state index is -1.74. The number of nitrogens with one attached hydrogen (secondary N) is 5. The first-order chi connectivity index (χ1) is 35.8. The van der Waals surface area contributed by atoms with E-state index in [-0.39, 0.29) is 81.7 Å². The number of aliphatic imine (C=N–C) groups is 2. The maximum atomic E-state index is 14.6. The molecule has 2 aromatic carbocycles. The number of likely N-dealkylation sites (tertiary alicyclic amines) is 1. The van der Waals surface area contributed by atoms with Gasteiger partial charge in [0.15, 0.2) is 11.9 Å². The summed E-state index contributed by atoms with van der Waals surface area (Å²) in [6.07, 6.45) is 2.47. The Bertz CT molecular complexity index is 2430. The lowest BCUT2D eigenvalue weighted by molar-refractivity contribution is -0.157. The zero-order chi connectivity index (χ0) is 56.8. The fourth-order valence-electron chi connectivity index (χ4n) is 8.07. The first-order valence-corrected chi connectivity index (χ1v) is 25.1. The fourth-order valence-corrected chi connectivity index (χ4v) is 8.07. The van der Waals surface area contributed by atoms with E-state index in [1.807, 2.05) is 30.3 Å². The maximum absolute atomic E-state index is 14.6. The Morgan fingerprint density at radius 3 is 1.67 bits per heavy atom. The third kappa shape index (κ3) is 19.3. The molecule has 1 fully saturated rings. The van der Waals surface area contributed by atoms with Crippen LogP contribution in [0, 0.1) is 0 Å². The van der Waals surface area contributed by atoms with Gasteiger partial charge in [0.25, 0.3) is 17.7 Å². The molecule has 7 unspecified atom stereocenters. The lowest BCUT2D eigenvalue weighted by Crippen LogP contribution is -2.63. The monoisotopic (exact) mass is 1060 g/mol. The Morgan fingerprint density at radius 1 is 0.645 bits per heavy atom. The number of carbonyl (C=O) groups excluding carboxylic acids is 10. The highest BCUT2D eigenvalue weighted by Crippen LogP contribution is 2.20. The van der Waals surface area contributed by atoms with Gasteiger partial charge in [-0.3, -0.25) is 62.8 Å². The number of benzene rings is 2. The van der Waals surface area contributed by atoms with Gasteiger partial charge in [0, 0.05) is 38.7 Å². The second kappa shape index (κ2) is 30.3. The largest absolute Gasteiger partial charge is 0.399 e. The predicted molar refractivity (Wildman–Crippen MR) is 285 cm³/mol. The van der Waals surface area contributed by atoms with Gasteiger partial charge in [0.2, 0.25) is 41.4 Å². The average Bonchev–Trinajstić information content (AvgIpc) is 3.70. The molecule has 0 spiro atoms. The number of unbranched alkanes of at least 4 members (excludes halogenated alkanes) is 1. The van der Waals surface area contributed by atoms with E-state index < -0.39 is 101 Å². The molecule has 1 saturated heterocycles. The number of nitrogen functional groups attached to an aromatic ring is 1. The molecule has 17 N–H and O–H groups in total. The van der Waals surface area contributed by atoms with E-state index in [0.29, 0.717) is 17.0 Å². The molecule has 416 valence electrons. The molecule has 76 heavy (non-hydrogen) atoms. The van der Waals surface area contributed by atoms with Crippen LogP contribution in [0.2, 0.25) is 0 Å². The highest BCUT2D eigenvalue weighted by Gasteiger charge is 2.43. The molecule has 0 aliphatic carbocycles. The summed E-state index contributed by atoms with van der Waals surface area (Å²) in [7, 11) is 0. The van der Waals surface area contributed by atoms with Crippen molar-refractivity contribution in [3.8, 4) is 0 Å². The van der Waals surface area contributed by atoms with Crippen LogP contribution in [0.4, 0.5) is 11.4 Å². The van der Waals surface area contributed by atoms with E-state index in [9.17, 15) is 47.9 Å². The van der Waals surface area contributed by atoms with Gasteiger partial charge in [-0.05, 0) is 116 Å². The molecule has 10 amide bonds. The van der Waals surface area contributed by atoms with Crippen LogP contribution < -0.4 is 65.9 Å². The van der Waals surface area contributed by atoms with E-state index in [4.69, 9.17) is 34.4 Å². The van der Waals surface area contributed by atoms with Crippen LogP contribution in [-0.4, -0.2) is 149 Å². The standard InChI is InChI=1S/C50H76N16O10/c1-28(59-40(68)19-11-10-16-34-14-8-7-9-15-34)41(69)62-38(17-12-25-57-49(53)54)43(71)60-29(2)45(73)65(47(75)32(5)64-27-24-37(52)48(64)76)31(4)42(70)63-39(18-13-26-58-50(55)56)44(72)61-30(3)46(74)66(33(6)67)36-22-20-35(51)21-23-36/h7-9,14-15,20-23,28-32,37-39H,10-13,16-19,24-27,51-52H2,1-6H3,(H,59,68)(H,60,71)(H,61,72)(H,62,69)(H,63,70)(H4,53,54,57)(H4,55,56,58)/t28?,29?,30?,31?,32?,37-,38?,39?/m1/s1. The Labute approximate surface area is 442 Å². The van der Waals surface area contributed by atoms with Crippen LogP contribution in [0.15, 0.2) is 64.6 Å². The van der Waals surface area contributed by atoms with Gasteiger partial charge in [0.05, 0.1) is 11.7 Å². The number of aryl methyl sites for hydroxylation is 1. The van der Waals surface area contributed by atoms with Crippen LogP contribution in [0.3, 0.4) is 0 Å². The van der Waals surface area contributed by atoms with Gasteiger partial charge in [-0.1, -0.05) is 30.3 Å². The normalized spacial score (nSPS) is 15.7. The molecule has 1 aliphatic heterocycles. The molecule has 3 rings (SSSR count). The van der Waals surface area contributed by atoms with Gasteiger partial charge < -0.3 is 65.9 Å². The highest BCUT2D eigenvalue weighted by atomic mass is 16.2. The number of guanidine groups is 2. The van der Waals surface area contributed by atoms with Crippen molar-refractivity contribution in [3.05, 3.63) is 60.2 Å². The molecule has 1 aliphatic rings. The summed E-state index contributed by atoms with van der Waals surface area (Å²) in [5.74, 6) is -8.65. The number of nitrogens with zero attached hydrogens (tertiary/aromatic N) is 5. The minimum absolute atomic E-state index is 0.00393. The van der Waals surface area contributed by atoms with Crippen LogP contribution in [-0.2, 0) is 54.4 Å². The van der Waals surface area contributed by atoms with Gasteiger partial charge in [-0.15, -0.1) is 0 Å². The Kier molecular flexibility index (Phi) is 24.7. The molecule has 0 bridgehead atoms. The molecule has 0 aromatic heterocycles. The summed E-state index contributed by atoms with van der Waals surface area (Å²) in [4.78, 5) is 148. The quantitative estimate of drug-likeness (QED) is 0.0187. The predicted octanol–water partition coefficient (Wildman–Crippen LogP) is -2.16. The Morgan fingerprint density at radius 2 is 1.17 bits per heavy atom. The number of hydrogen-bond acceptors (Lipinski definition) is 14. The average molecular weight is 1060 g/mol. The third-order valence-corrected chi connectivity index (χ3v) is 12.4. The molecular formula is C50H76N16O10. The van der Waals surface area contributed by atoms with Crippen molar-refractivity contribution in [2.75, 3.05) is 30.3 Å². The molecular weight excluding hydrogens is 985 g/mol. The number of carbonyl (C=O) groups is 10. The van der Waals surface area contributed by atoms with Crippen LogP contribution in [0.25, 0.3) is 0 Å². The topological polar surface area (TPSA) is 421 Å². The van der Waals surface area contributed by atoms with Gasteiger partial charge in [-0.25, -0.2) is 4.90 Å². The van der Waals surface area contributed by atoms with Crippen molar-refractivity contribution in [2.24, 2.45) is 38.7 Å². The summed E-state index contributed by atoms with van der Waals surface area (Å²) >= 11 is 0. The van der Waals surface area contributed by atoms with Crippen LogP contribution >= 0.6 is 0 Å². The number of amides is 10.